The van der Waals surface area contributed by atoms with Gasteiger partial charge in [0, 0.05) is 25.2 Å². The molecule has 0 saturated carbocycles. The van der Waals surface area contributed by atoms with Gasteiger partial charge in [0.2, 0.25) is 0 Å². The Kier molecular flexibility index (Phi) is 4.87. The summed E-state index contributed by atoms with van der Waals surface area (Å²) in [6.07, 6.45) is 7.01. The minimum atomic E-state index is 0.804. The minimum absolute atomic E-state index is 0.804. The second kappa shape index (κ2) is 6.19. The van der Waals surface area contributed by atoms with Crippen LogP contribution in [0, 0.1) is 5.92 Å². The molecule has 0 amide bonds. The highest BCUT2D eigenvalue weighted by molar-refractivity contribution is 4.93. The van der Waals surface area contributed by atoms with Crippen molar-refractivity contribution in [3.63, 3.8) is 0 Å². The van der Waals surface area contributed by atoms with Gasteiger partial charge in [-0.3, -0.25) is 9.80 Å². The molecule has 2 unspecified atom stereocenters. The Morgan fingerprint density at radius 2 is 2.00 bits per heavy atom. The van der Waals surface area contributed by atoms with Crippen molar-refractivity contribution in [1.29, 1.82) is 0 Å². The van der Waals surface area contributed by atoms with Gasteiger partial charge in [0.05, 0.1) is 0 Å². The first-order valence-corrected chi connectivity index (χ1v) is 7.70. The molecule has 0 aromatic carbocycles. The van der Waals surface area contributed by atoms with E-state index in [-0.39, 0.29) is 0 Å². The van der Waals surface area contributed by atoms with Gasteiger partial charge in [0.25, 0.3) is 0 Å². The topological polar surface area (TPSA) is 6.48 Å². The fourth-order valence-electron chi connectivity index (χ4n) is 3.56. The molecule has 2 rings (SSSR count). The summed E-state index contributed by atoms with van der Waals surface area (Å²) in [6.45, 7) is 12.5. The van der Waals surface area contributed by atoms with E-state index in [4.69, 9.17) is 0 Å². The van der Waals surface area contributed by atoms with Crippen LogP contribution in [0.5, 0.6) is 0 Å². The van der Waals surface area contributed by atoms with Crippen LogP contribution in [0.4, 0.5) is 0 Å². The maximum atomic E-state index is 2.80. The van der Waals surface area contributed by atoms with Crippen LogP contribution >= 0.6 is 0 Å². The van der Waals surface area contributed by atoms with Gasteiger partial charge < -0.3 is 0 Å². The normalized spacial score (nSPS) is 31.1. The molecule has 100 valence electrons. The number of nitrogens with zero attached hydrogens (tertiary/aromatic N) is 2. The smallest absolute Gasteiger partial charge is 0.0246 e. The number of piperazine rings is 1. The third-order valence-electron chi connectivity index (χ3n) is 4.65. The Balaban J connectivity index is 1.90. The maximum Gasteiger partial charge on any atom is 0.0246 e. The average molecular weight is 238 g/mol. The maximum absolute atomic E-state index is 2.80. The molecule has 2 aliphatic rings. The summed E-state index contributed by atoms with van der Waals surface area (Å²) in [4.78, 5) is 5.55. The average Bonchev–Trinajstić information content (AvgIpc) is 2.75. The van der Waals surface area contributed by atoms with E-state index < -0.39 is 0 Å². The van der Waals surface area contributed by atoms with E-state index >= 15 is 0 Å². The number of rotatable bonds is 5. The van der Waals surface area contributed by atoms with Crippen molar-refractivity contribution in [3.8, 4) is 0 Å². The molecule has 0 aliphatic carbocycles. The van der Waals surface area contributed by atoms with Crippen molar-refractivity contribution in [2.24, 2.45) is 5.92 Å². The van der Waals surface area contributed by atoms with Gasteiger partial charge in [-0.05, 0) is 38.3 Å². The van der Waals surface area contributed by atoms with Crippen molar-refractivity contribution in [2.75, 3.05) is 26.2 Å². The number of unbranched alkanes of at least 4 members (excludes halogenated alkanes) is 2. The molecule has 2 nitrogen and oxygen atoms in total. The quantitative estimate of drug-likeness (QED) is 0.679. The Morgan fingerprint density at radius 3 is 2.71 bits per heavy atom. The zero-order chi connectivity index (χ0) is 12.3. The molecular weight excluding hydrogens is 208 g/mol. The molecule has 0 spiro atoms. The zero-order valence-electron chi connectivity index (χ0n) is 12.0. The number of hydrogen-bond donors (Lipinski definition) is 0. The first kappa shape index (κ1) is 13.4. The summed E-state index contributed by atoms with van der Waals surface area (Å²) in [5.74, 6) is 0.804. The minimum Gasteiger partial charge on any atom is -0.298 e. The molecule has 0 radical (unpaired) electrons. The van der Waals surface area contributed by atoms with E-state index in [1.807, 2.05) is 0 Å². The first-order chi connectivity index (χ1) is 8.22. The Morgan fingerprint density at radius 1 is 1.18 bits per heavy atom. The zero-order valence-corrected chi connectivity index (χ0v) is 12.0. The molecule has 2 saturated heterocycles. The van der Waals surface area contributed by atoms with E-state index in [0.29, 0.717) is 0 Å². The van der Waals surface area contributed by atoms with Crippen LogP contribution in [0.15, 0.2) is 0 Å². The van der Waals surface area contributed by atoms with Gasteiger partial charge in [0.1, 0.15) is 0 Å². The highest BCUT2D eigenvalue weighted by Crippen LogP contribution is 2.27. The van der Waals surface area contributed by atoms with E-state index in [1.54, 1.807) is 0 Å². The molecule has 0 aromatic heterocycles. The molecule has 0 aromatic rings. The monoisotopic (exact) mass is 238 g/mol. The molecule has 2 aliphatic heterocycles. The van der Waals surface area contributed by atoms with Crippen molar-refractivity contribution < 1.29 is 0 Å². The summed E-state index contributed by atoms with van der Waals surface area (Å²) in [6, 6.07) is 1.69. The predicted molar refractivity (Wildman–Crippen MR) is 74.3 cm³/mol. The summed E-state index contributed by atoms with van der Waals surface area (Å²) in [5.41, 5.74) is 0. The Bertz CT molecular complexity index is 227. The second-order valence-electron chi connectivity index (χ2n) is 6.30. The standard InChI is InChI=1S/C15H30N2/c1-4-5-6-9-17-11-14-8-7-10-16(14)12-15(17)13(2)3/h13-15H,4-12H2,1-3H3. The van der Waals surface area contributed by atoms with E-state index in [1.165, 1.54) is 58.3 Å². The highest BCUT2D eigenvalue weighted by atomic mass is 15.3. The van der Waals surface area contributed by atoms with E-state index in [2.05, 4.69) is 30.6 Å². The third-order valence-corrected chi connectivity index (χ3v) is 4.65. The lowest BCUT2D eigenvalue weighted by molar-refractivity contribution is 0.0284. The van der Waals surface area contributed by atoms with Crippen LogP contribution < -0.4 is 0 Å². The van der Waals surface area contributed by atoms with Crippen molar-refractivity contribution in [1.82, 2.24) is 9.80 Å². The molecule has 2 heteroatoms. The fraction of sp³-hybridized carbons (Fsp3) is 1.00. The number of hydrogen-bond acceptors (Lipinski definition) is 2. The summed E-state index contributed by atoms with van der Waals surface area (Å²) in [7, 11) is 0. The van der Waals surface area contributed by atoms with E-state index in [9.17, 15) is 0 Å². The number of fused-ring (bicyclic) bond motifs is 1. The molecular formula is C15H30N2. The van der Waals surface area contributed by atoms with Crippen LogP contribution in [-0.4, -0.2) is 48.1 Å². The van der Waals surface area contributed by atoms with Crippen LogP contribution in [0.2, 0.25) is 0 Å². The van der Waals surface area contributed by atoms with Gasteiger partial charge in [-0.15, -0.1) is 0 Å². The molecule has 2 fully saturated rings. The Hall–Kier alpha value is -0.0800. The predicted octanol–water partition coefficient (Wildman–Crippen LogP) is 2.98. The molecule has 17 heavy (non-hydrogen) atoms. The van der Waals surface area contributed by atoms with E-state index in [0.717, 1.165) is 18.0 Å². The van der Waals surface area contributed by atoms with Crippen molar-refractivity contribution >= 4 is 0 Å². The summed E-state index contributed by atoms with van der Waals surface area (Å²) in [5, 5.41) is 0. The largest absolute Gasteiger partial charge is 0.298 e. The van der Waals surface area contributed by atoms with Crippen LogP contribution in [0.25, 0.3) is 0 Å². The van der Waals surface area contributed by atoms with Gasteiger partial charge in [-0.25, -0.2) is 0 Å². The van der Waals surface area contributed by atoms with Crippen molar-refractivity contribution in [3.05, 3.63) is 0 Å². The van der Waals surface area contributed by atoms with Gasteiger partial charge in [-0.2, -0.15) is 0 Å². The van der Waals surface area contributed by atoms with Crippen LogP contribution in [-0.2, 0) is 0 Å². The SMILES string of the molecule is CCCCCN1CC2CCCN2CC1C(C)C. The Labute approximate surface area is 107 Å². The lowest BCUT2D eigenvalue weighted by Gasteiger charge is -2.45. The first-order valence-electron chi connectivity index (χ1n) is 7.70. The molecule has 0 bridgehead atoms. The fourth-order valence-corrected chi connectivity index (χ4v) is 3.56. The molecule has 0 N–H and O–H groups in total. The highest BCUT2D eigenvalue weighted by Gasteiger charge is 2.36. The lowest BCUT2D eigenvalue weighted by atomic mass is 9.97. The molecule has 2 heterocycles. The van der Waals surface area contributed by atoms with Gasteiger partial charge in [-0.1, -0.05) is 33.6 Å². The van der Waals surface area contributed by atoms with Crippen LogP contribution in [0.3, 0.4) is 0 Å². The summed E-state index contributed by atoms with van der Waals surface area (Å²) < 4.78 is 0. The second-order valence-corrected chi connectivity index (χ2v) is 6.30. The molecule has 2 atom stereocenters. The van der Waals surface area contributed by atoms with Gasteiger partial charge >= 0.3 is 0 Å². The van der Waals surface area contributed by atoms with Crippen molar-refractivity contribution in [2.45, 2.75) is 65.0 Å². The third kappa shape index (κ3) is 3.23. The van der Waals surface area contributed by atoms with Gasteiger partial charge in [0.15, 0.2) is 0 Å². The van der Waals surface area contributed by atoms with Crippen LogP contribution in [0.1, 0.15) is 52.9 Å². The lowest BCUT2D eigenvalue weighted by Crippen LogP contribution is -2.57. The summed E-state index contributed by atoms with van der Waals surface area (Å²) >= 11 is 0.